The highest BCUT2D eigenvalue weighted by atomic mass is 35.5. The summed E-state index contributed by atoms with van der Waals surface area (Å²) in [6, 6.07) is 20.1. The van der Waals surface area contributed by atoms with Crippen LogP contribution in [0.5, 0.6) is 17.2 Å². The van der Waals surface area contributed by atoms with Gasteiger partial charge in [0.05, 0.1) is 22.9 Å². The van der Waals surface area contributed by atoms with Gasteiger partial charge in [-0.25, -0.2) is 4.98 Å². The highest BCUT2D eigenvalue weighted by Gasteiger charge is 2.16. The molecule has 0 amide bonds. The van der Waals surface area contributed by atoms with Gasteiger partial charge in [-0.1, -0.05) is 41.9 Å². The molecule has 0 unspecified atom stereocenters. The average molecular weight is 692 g/mol. The van der Waals surface area contributed by atoms with Crippen molar-refractivity contribution < 1.29 is 18.6 Å². The second kappa shape index (κ2) is 17.2. The maximum Gasteiger partial charge on any atom is 0.180 e. The van der Waals surface area contributed by atoms with Gasteiger partial charge in [-0.05, 0) is 92.2 Å². The molecule has 0 aliphatic carbocycles. The van der Waals surface area contributed by atoms with E-state index >= 15 is 0 Å². The maximum absolute atomic E-state index is 9.30. The van der Waals surface area contributed by atoms with E-state index in [9.17, 15) is 5.26 Å². The molecule has 0 bridgehead atoms. The topological polar surface area (TPSA) is 106 Å². The second-order valence-electron chi connectivity index (χ2n) is 12.5. The van der Waals surface area contributed by atoms with Gasteiger partial charge in [0.25, 0.3) is 0 Å². The van der Waals surface area contributed by atoms with Crippen LogP contribution in [-0.4, -0.2) is 41.1 Å². The molecule has 0 atom stereocenters. The third-order valence-electron chi connectivity index (χ3n) is 9.02. The van der Waals surface area contributed by atoms with Gasteiger partial charge in [-0.15, -0.1) is 0 Å². The van der Waals surface area contributed by atoms with Crippen LogP contribution in [0.15, 0.2) is 84.1 Å². The summed E-state index contributed by atoms with van der Waals surface area (Å²) < 4.78 is 24.0. The van der Waals surface area contributed by atoms with E-state index in [1.165, 1.54) is 38.5 Å². The molecule has 0 saturated carbocycles. The lowest BCUT2D eigenvalue weighted by Crippen LogP contribution is -2.22. The number of nitrogens with one attached hydrogen (secondary N) is 1. The molecule has 0 radical (unpaired) electrons. The number of oxazole rings is 1. The number of hydrogen-bond acceptors (Lipinski definition) is 9. The van der Waals surface area contributed by atoms with Crippen molar-refractivity contribution in [2.24, 2.45) is 0 Å². The van der Waals surface area contributed by atoms with Crippen LogP contribution in [0, 0.1) is 25.2 Å². The van der Waals surface area contributed by atoms with Crippen molar-refractivity contribution in [1.82, 2.24) is 20.2 Å². The molecule has 10 heteroatoms. The Hall–Kier alpha value is -4.88. The normalized spacial score (nSPS) is 12.9. The number of nitriles is 1. The fourth-order valence-electron chi connectivity index (χ4n) is 6.22. The Morgan fingerprint density at radius 3 is 2.48 bits per heavy atom. The number of halogens is 1. The molecule has 3 heterocycles. The quantitative estimate of drug-likeness (QED) is 0.103. The molecule has 5 aromatic rings. The Balaban J connectivity index is 1.16. The molecule has 1 fully saturated rings. The molecule has 1 aliphatic heterocycles. The highest BCUT2D eigenvalue weighted by Crippen LogP contribution is 2.36. The molecule has 9 nitrogen and oxygen atoms in total. The number of pyridine rings is 1. The lowest BCUT2D eigenvalue weighted by atomic mass is 9.93. The number of ether oxygens (including phenoxy) is 3. The molecule has 2 aromatic heterocycles. The molecule has 6 rings (SSSR count). The molecule has 50 heavy (non-hydrogen) atoms. The SMILES string of the molecule is Cc1c(COc2cc(OCc3cncc(C#N)c3)c(CNCc3cocn3)cc2Cl)cccc1-c1cccc(OCCCN2CCCC2)c1C. The minimum atomic E-state index is 0.224. The fourth-order valence-corrected chi connectivity index (χ4v) is 6.46. The number of benzene rings is 3. The van der Waals surface area contributed by atoms with Crippen LogP contribution >= 0.6 is 11.6 Å². The van der Waals surface area contributed by atoms with E-state index in [1.807, 2.05) is 12.1 Å². The van der Waals surface area contributed by atoms with E-state index in [0.717, 1.165) is 63.4 Å². The van der Waals surface area contributed by atoms with Crippen LogP contribution in [0.25, 0.3) is 11.1 Å². The highest BCUT2D eigenvalue weighted by molar-refractivity contribution is 6.32. The zero-order chi connectivity index (χ0) is 34.7. The van der Waals surface area contributed by atoms with E-state index in [-0.39, 0.29) is 6.61 Å². The van der Waals surface area contributed by atoms with Gasteiger partial charge in [-0.2, -0.15) is 5.26 Å². The van der Waals surface area contributed by atoms with Crippen LogP contribution in [0.2, 0.25) is 5.02 Å². The number of likely N-dealkylation sites (tertiary alicyclic amines) is 1. The van der Waals surface area contributed by atoms with Gasteiger partial charge in [-0.3, -0.25) is 4.98 Å². The van der Waals surface area contributed by atoms with Crippen molar-refractivity contribution in [3.05, 3.63) is 124 Å². The Labute approximate surface area is 298 Å². The summed E-state index contributed by atoms with van der Waals surface area (Å²) in [6.45, 7) is 10.0. The molecule has 258 valence electrons. The Morgan fingerprint density at radius 1 is 0.880 bits per heavy atom. The molecule has 1 aliphatic rings. The zero-order valence-electron chi connectivity index (χ0n) is 28.6. The van der Waals surface area contributed by atoms with Crippen molar-refractivity contribution in [1.29, 1.82) is 5.26 Å². The van der Waals surface area contributed by atoms with E-state index in [4.69, 9.17) is 30.2 Å². The summed E-state index contributed by atoms with van der Waals surface area (Å²) in [4.78, 5) is 10.8. The molecule has 3 aromatic carbocycles. The lowest BCUT2D eigenvalue weighted by molar-refractivity contribution is 0.262. The summed E-state index contributed by atoms with van der Waals surface area (Å²) in [5, 5.41) is 13.1. The fraction of sp³-hybridized carbons (Fsp3) is 0.325. The van der Waals surface area contributed by atoms with Crippen LogP contribution in [0.4, 0.5) is 0 Å². The molecule has 0 spiro atoms. The summed E-state index contributed by atoms with van der Waals surface area (Å²) >= 11 is 6.80. The first-order valence-corrected chi connectivity index (χ1v) is 17.4. The predicted octanol–water partition coefficient (Wildman–Crippen LogP) is 8.19. The first kappa shape index (κ1) is 35.0. The van der Waals surface area contributed by atoms with Crippen molar-refractivity contribution in [2.45, 2.75) is 59.4 Å². The van der Waals surface area contributed by atoms with Crippen LogP contribution in [0.1, 0.15) is 58.3 Å². The van der Waals surface area contributed by atoms with Crippen LogP contribution < -0.4 is 19.5 Å². The molecular formula is C40H42ClN5O4. The second-order valence-corrected chi connectivity index (χ2v) is 12.9. The third kappa shape index (κ3) is 9.01. The molecular weight excluding hydrogens is 650 g/mol. The predicted molar refractivity (Wildman–Crippen MR) is 193 cm³/mol. The van der Waals surface area contributed by atoms with Crippen LogP contribution in [-0.2, 0) is 26.3 Å². The van der Waals surface area contributed by atoms with Crippen molar-refractivity contribution >= 4 is 11.6 Å². The maximum atomic E-state index is 9.30. The summed E-state index contributed by atoms with van der Waals surface area (Å²) in [6.07, 6.45) is 9.86. The van der Waals surface area contributed by atoms with E-state index in [0.29, 0.717) is 48.4 Å². The van der Waals surface area contributed by atoms with Gasteiger partial charge >= 0.3 is 0 Å². The Bertz CT molecular complexity index is 1920. The van der Waals surface area contributed by atoms with Gasteiger partial charge in [0.15, 0.2) is 6.39 Å². The zero-order valence-corrected chi connectivity index (χ0v) is 29.3. The number of aromatic nitrogens is 2. The summed E-state index contributed by atoms with van der Waals surface area (Å²) in [5.74, 6) is 2.05. The number of rotatable bonds is 16. The van der Waals surface area contributed by atoms with E-state index in [2.05, 4.69) is 76.5 Å². The first-order chi connectivity index (χ1) is 24.5. The van der Waals surface area contributed by atoms with Crippen molar-refractivity contribution in [3.63, 3.8) is 0 Å². The monoisotopic (exact) mass is 691 g/mol. The summed E-state index contributed by atoms with van der Waals surface area (Å²) in [7, 11) is 0. The van der Waals surface area contributed by atoms with Gasteiger partial charge in [0, 0.05) is 49.2 Å². The van der Waals surface area contributed by atoms with Gasteiger partial charge in [0.2, 0.25) is 0 Å². The smallest absolute Gasteiger partial charge is 0.180 e. The van der Waals surface area contributed by atoms with Gasteiger partial charge in [0.1, 0.15) is 42.8 Å². The molecule has 1 saturated heterocycles. The molecule has 1 N–H and O–H groups in total. The third-order valence-corrected chi connectivity index (χ3v) is 9.31. The lowest BCUT2D eigenvalue weighted by Gasteiger charge is -2.18. The van der Waals surface area contributed by atoms with E-state index < -0.39 is 0 Å². The largest absolute Gasteiger partial charge is 0.493 e. The van der Waals surface area contributed by atoms with Gasteiger partial charge < -0.3 is 28.8 Å². The van der Waals surface area contributed by atoms with Crippen LogP contribution in [0.3, 0.4) is 0 Å². The number of hydrogen-bond donors (Lipinski definition) is 1. The average Bonchev–Trinajstić information content (AvgIpc) is 3.86. The minimum Gasteiger partial charge on any atom is -0.493 e. The van der Waals surface area contributed by atoms with Crippen molar-refractivity contribution in [2.75, 3.05) is 26.2 Å². The Kier molecular flexibility index (Phi) is 12.0. The number of nitrogens with zero attached hydrogens (tertiary/aromatic N) is 4. The summed E-state index contributed by atoms with van der Waals surface area (Å²) in [5.41, 5.74) is 8.49. The standard InChI is InChI=1S/C40H42ClN5O4/c1-28-32(8-5-9-35(28)36-10-6-11-38(29(36)2)48-15-7-14-46-12-3-4-13-46)25-50-40-18-39(49-24-31-16-30(19-42)20-43-21-31)33(17-37(40)41)22-44-23-34-26-47-27-45-34/h5-6,8-11,16-18,20-21,26-27,44H,3-4,7,12-15,22-25H2,1-2H3. The van der Waals surface area contributed by atoms with Crippen molar-refractivity contribution in [3.8, 4) is 34.4 Å². The minimum absolute atomic E-state index is 0.224. The van der Waals surface area contributed by atoms with E-state index in [1.54, 1.807) is 18.5 Å². The first-order valence-electron chi connectivity index (χ1n) is 17.0. The Morgan fingerprint density at radius 2 is 1.68 bits per heavy atom.